The van der Waals surface area contributed by atoms with Crippen LogP contribution in [0.3, 0.4) is 0 Å². The minimum Gasteiger partial charge on any atom is -0.497 e. The van der Waals surface area contributed by atoms with Gasteiger partial charge in [0, 0.05) is 51.0 Å². The Morgan fingerprint density at radius 3 is 2.43 bits per heavy atom. The normalized spacial score (nSPS) is 10.6. The van der Waals surface area contributed by atoms with Crippen LogP contribution in [0.15, 0.2) is 53.5 Å². The summed E-state index contributed by atoms with van der Waals surface area (Å²) in [4.78, 5) is 6.53. The molecular formula is C21H31IN4O2. The predicted molar refractivity (Wildman–Crippen MR) is 127 cm³/mol. The lowest BCUT2D eigenvalue weighted by Gasteiger charge is -2.20. The van der Waals surface area contributed by atoms with Gasteiger partial charge in [0.25, 0.3) is 0 Å². The van der Waals surface area contributed by atoms with E-state index < -0.39 is 0 Å². The number of hydrogen-bond acceptors (Lipinski definition) is 4. The molecule has 0 bridgehead atoms. The highest BCUT2D eigenvalue weighted by molar-refractivity contribution is 14.0. The first kappa shape index (κ1) is 23.9. The Kier molecular flexibility index (Phi) is 11.2. The highest BCUT2D eigenvalue weighted by Gasteiger charge is 2.06. The number of rotatable bonds is 9. The summed E-state index contributed by atoms with van der Waals surface area (Å²) in [5, 5.41) is 6.68. The number of guanidine groups is 1. The largest absolute Gasteiger partial charge is 0.497 e. The van der Waals surface area contributed by atoms with Crippen molar-refractivity contribution in [3.05, 3.63) is 54.1 Å². The molecule has 0 fully saturated rings. The third kappa shape index (κ3) is 7.46. The highest BCUT2D eigenvalue weighted by Crippen LogP contribution is 2.24. The van der Waals surface area contributed by atoms with Crippen LogP contribution in [0.25, 0.3) is 0 Å². The topological polar surface area (TPSA) is 58.1 Å². The van der Waals surface area contributed by atoms with Gasteiger partial charge in [-0.05, 0) is 30.7 Å². The second-order valence-electron chi connectivity index (χ2n) is 6.14. The number of anilines is 1. The van der Waals surface area contributed by atoms with Crippen LogP contribution in [0, 0.1) is 0 Å². The van der Waals surface area contributed by atoms with Gasteiger partial charge < -0.3 is 25.0 Å². The molecule has 154 valence electrons. The Bertz CT molecular complexity index is 726. The van der Waals surface area contributed by atoms with E-state index in [4.69, 9.17) is 9.47 Å². The van der Waals surface area contributed by atoms with Crippen LogP contribution in [0.2, 0.25) is 0 Å². The molecule has 2 aromatic rings. The van der Waals surface area contributed by atoms with Crippen molar-refractivity contribution < 1.29 is 9.47 Å². The van der Waals surface area contributed by atoms with Gasteiger partial charge in [0.2, 0.25) is 0 Å². The number of benzene rings is 2. The molecule has 0 saturated heterocycles. The summed E-state index contributed by atoms with van der Waals surface area (Å²) in [6.07, 6.45) is 1.01. The Hall–Kier alpha value is -2.16. The molecule has 0 spiro atoms. The fourth-order valence-electron chi connectivity index (χ4n) is 2.73. The predicted octanol–water partition coefficient (Wildman–Crippen LogP) is 3.51. The molecule has 6 nitrogen and oxygen atoms in total. The number of halogens is 1. The first-order valence-corrected chi connectivity index (χ1v) is 9.09. The quantitative estimate of drug-likeness (QED) is 0.240. The molecule has 0 amide bonds. The number of methoxy groups -OCH3 is 2. The van der Waals surface area contributed by atoms with Crippen LogP contribution in [0.5, 0.6) is 11.5 Å². The van der Waals surface area contributed by atoms with Gasteiger partial charge in [0.15, 0.2) is 5.96 Å². The van der Waals surface area contributed by atoms with E-state index in [2.05, 4.69) is 51.8 Å². The van der Waals surface area contributed by atoms with Gasteiger partial charge >= 0.3 is 0 Å². The zero-order chi connectivity index (χ0) is 19.5. The molecule has 0 heterocycles. The Labute approximate surface area is 185 Å². The first-order valence-electron chi connectivity index (χ1n) is 9.09. The van der Waals surface area contributed by atoms with Crippen LogP contribution in [0.1, 0.15) is 12.0 Å². The van der Waals surface area contributed by atoms with E-state index in [1.165, 1.54) is 5.69 Å². The van der Waals surface area contributed by atoms with Crippen molar-refractivity contribution in [3.8, 4) is 11.5 Å². The molecule has 0 aliphatic heterocycles. The van der Waals surface area contributed by atoms with E-state index in [1.54, 1.807) is 21.3 Å². The van der Waals surface area contributed by atoms with Crippen molar-refractivity contribution in [2.45, 2.75) is 13.0 Å². The molecule has 0 aliphatic carbocycles. The van der Waals surface area contributed by atoms with Crippen LogP contribution in [-0.4, -0.2) is 47.4 Å². The van der Waals surface area contributed by atoms with Gasteiger partial charge in [-0.2, -0.15) is 0 Å². The number of ether oxygens (including phenoxy) is 2. The highest BCUT2D eigenvalue weighted by atomic mass is 127. The fraction of sp³-hybridized carbons (Fsp3) is 0.381. The van der Waals surface area contributed by atoms with Crippen molar-refractivity contribution in [1.29, 1.82) is 0 Å². The van der Waals surface area contributed by atoms with Gasteiger partial charge in [0.05, 0.1) is 14.2 Å². The Morgan fingerprint density at radius 1 is 1.04 bits per heavy atom. The SMILES string of the molecule is CN=C(NCCCN(C)c1ccccc1)NCc1ccc(OC)cc1OC.I. The van der Waals surface area contributed by atoms with E-state index in [1.807, 2.05) is 24.3 Å². The van der Waals surface area contributed by atoms with Crippen LogP contribution in [0.4, 0.5) is 5.69 Å². The molecule has 0 saturated carbocycles. The van der Waals surface area contributed by atoms with Crippen LogP contribution < -0.4 is 25.0 Å². The van der Waals surface area contributed by atoms with E-state index in [0.717, 1.165) is 42.5 Å². The summed E-state index contributed by atoms with van der Waals surface area (Å²) in [5.74, 6) is 2.35. The van der Waals surface area contributed by atoms with Crippen molar-refractivity contribution in [1.82, 2.24) is 10.6 Å². The van der Waals surface area contributed by atoms with E-state index >= 15 is 0 Å². The second kappa shape index (κ2) is 13.1. The maximum Gasteiger partial charge on any atom is 0.191 e. The number of aliphatic imine (C=N–C) groups is 1. The molecule has 2 aromatic carbocycles. The van der Waals surface area contributed by atoms with E-state index in [-0.39, 0.29) is 24.0 Å². The third-order valence-corrected chi connectivity index (χ3v) is 4.32. The zero-order valence-corrected chi connectivity index (χ0v) is 19.4. The lowest BCUT2D eigenvalue weighted by Crippen LogP contribution is -2.38. The van der Waals surface area contributed by atoms with Gasteiger partial charge in [0.1, 0.15) is 11.5 Å². The second-order valence-corrected chi connectivity index (χ2v) is 6.14. The standard InChI is InChI=1S/C21H30N4O2.HI/c1-22-21(23-13-8-14-25(2)18-9-6-5-7-10-18)24-16-17-11-12-19(26-3)15-20(17)27-4;/h5-7,9-12,15H,8,13-14,16H2,1-4H3,(H2,22,23,24);1H. The summed E-state index contributed by atoms with van der Waals surface area (Å²) in [5.41, 5.74) is 2.27. The van der Waals surface area contributed by atoms with Crippen molar-refractivity contribution in [3.63, 3.8) is 0 Å². The van der Waals surface area contributed by atoms with Crippen LogP contribution in [-0.2, 0) is 6.54 Å². The Morgan fingerprint density at radius 2 is 1.79 bits per heavy atom. The lowest BCUT2D eigenvalue weighted by atomic mass is 10.2. The maximum atomic E-state index is 5.43. The summed E-state index contributed by atoms with van der Waals surface area (Å²) in [6, 6.07) is 16.2. The summed E-state index contributed by atoms with van der Waals surface area (Å²) in [6.45, 7) is 2.44. The minimum atomic E-state index is 0. The van der Waals surface area contributed by atoms with Gasteiger partial charge in [-0.25, -0.2) is 0 Å². The summed E-state index contributed by atoms with van der Waals surface area (Å²) >= 11 is 0. The molecular weight excluding hydrogens is 467 g/mol. The maximum absolute atomic E-state index is 5.43. The molecule has 0 unspecified atom stereocenters. The van der Waals surface area contributed by atoms with Crippen molar-refractivity contribution in [2.24, 2.45) is 4.99 Å². The molecule has 0 radical (unpaired) electrons. The average Bonchev–Trinajstić information content (AvgIpc) is 2.73. The van der Waals surface area contributed by atoms with Crippen LogP contribution >= 0.6 is 24.0 Å². The molecule has 2 rings (SSSR count). The summed E-state index contributed by atoms with van der Waals surface area (Å²) in [7, 11) is 7.19. The van der Waals surface area contributed by atoms with Crippen molar-refractivity contribution >= 4 is 35.6 Å². The molecule has 28 heavy (non-hydrogen) atoms. The number of hydrogen-bond donors (Lipinski definition) is 2. The number of para-hydroxylation sites is 1. The van der Waals surface area contributed by atoms with Gasteiger partial charge in [-0.1, -0.05) is 18.2 Å². The minimum absolute atomic E-state index is 0. The molecule has 0 aromatic heterocycles. The number of nitrogens with zero attached hydrogens (tertiary/aromatic N) is 2. The first-order chi connectivity index (χ1) is 13.2. The van der Waals surface area contributed by atoms with E-state index in [0.29, 0.717) is 6.54 Å². The third-order valence-electron chi connectivity index (χ3n) is 4.32. The van der Waals surface area contributed by atoms with Crippen molar-refractivity contribution in [2.75, 3.05) is 46.3 Å². The molecule has 2 N–H and O–H groups in total. The lowest BCUT2D eigenvalue weighted by molar-refractivity contribution is 0.390. The zero-order valence-electron chi connectivity index (χ0n) is 17.1. The smallest absolute Gasteiger partial charge is 0.191 e. The average molecular weight is 498 g/mol. The molecule has 0 atom stereocenters. The Balaban J connectivity index is 0.00000392. The number of nitrogens with one attached hydrogen (secondary N) is 2. The monoisotopic (exact) mass is 498 g/mol. The molecule has 0 aliphatic rings. The summed E-state index contributed by atoms with van der Waals surface area (Å²) < 4.78 is 10.7. The van der Waals surface area contributed by atoms with Gasteiger partial charge in [-0.15, -0.1) is 24.0 Å². The van der Waals surface area contributed by atoms with E-state index in [9.17, 15) is 0 Å². The molecule has 7 heteroatoms. The fourth-order valence-corrected chi connectivity index (χ4v) is 2.73. The van der Waals surface area contributed by atoms with Gasteiger partial charge in [-0.3, -0.25) is 4.99 Å².